The minimum atomic E-state index is 0.107. The molecule has 3 aromatic rings. The van der Waals surface area contributed by atoms with E-state index in [1.165, 1.54) is 4.88 Å². The quantitative estimate of drug-likeness (QED) is 0.622. The molecule has 21 heavy (non-hydrogen) atoms. The van der Waals surface area contributed by atoms with Crippen LogP contribution in [0.25, 0.3) is 11.0 Å². The molecule has 110 valence electrons. The number of fused-ring (bicyclic) bond motifs is 1. The lowest BCUT2D eigenvalue weighted by atomic mass is 10.3. The molecule has 2 aromatic heterocycles. The average Bonchev–Trinajstić information content (AvgIpc) is 3.09. The number of halogens is 2. The number of hydrogen-bond acceptors (Lipinski definition) is 3. The summed E-state index contributed by atoms with van der Waals surface area (Å²) in [4.78, 5) is 10.4. The molecule has 2 heterocycles. The van der Waals surface area contributed by atoms with Crippen molar-refractivity contribution in [3.63, 3.8) is 0 Å². The molecular formula is C15H15Cl2N3S. The van der Waals surface area contributed by atoms with E-state index in [0.717, 1.165) is 28.3 Å². The zero-order valence-electron chi connectivity index (χ0n) is 11.8. The Morgan fingerprint density at radius 2 is 2.19 bits per heavy atom. The molecule has 1 atom stereocenters. The van der Waals surface area contributed by atoms with Gasteiger partial charge in [-0.3, -0.25) is 0 Å². The van der Waals surface area contributed by atoms with Gasteiger partial charge in [-0.15, -0.1) is 22.9 Å². The first-order valence-electron chi connectivity index (χ1n) is 6.81. The molecule has 0 aliphatic heterocycles. The number of rotatable bonds is 4. The minimum Gasteiger partial charge on any atom is -0.317 e. The van der Waals surface area contributed by atoms with E-state index in [4.69, 9.17) is 23.2 Å². The van der Waals surface area contributed by atoms with Crippen LogP contribution in [0.5, 0.6) is 0 Å². The van der Waals surface area contributed by atoms with E-state index in [1.54, 1.807) is 11.3 Å². The number of aryl methyl sites for hydroxylation is 1. The Hall–Kier alpha value is -1.10. The molecule has 0 radical (unpaired) electrons. The second-order valence-corrected chi connectivity index (χ2v) is 6.71. The van der Waals surface area contributed by atoms with E-state index in [0.29, 0.717) is 10.9 Å². The van der Waals surface area contributed by atoms with Crippen molar-refractivity contribution < 1.29 is 0 Å². The van der Waals surface area contributed by atoms with Crippen molar-refractivity contribution in [2.75, 3.05) is 0 Å². The summed E-state index contributed by atoms with van der Waals surface area (Å²) in [5.74, 6) is 1.21. The molecule has 0 bridgehead atoms. The standard InChI is InChI=1S/C15H15Cl2N3S/c1-3-11-8-18-15(21-11)9(2)20-13-5-4-10(17)6-12(13)19-14(20)7-16/h4-6,8-9H,3,7H2,1-2H3. The van der Waals surface area contributed by atoms with Crippen molar-refractivity contribution in [3.8, 4) is 0 Å². The highest BCUT2D eigenvalue weighted by Crippen LogP contribution is 2.30. The van der Waals surface area contributed by atoms with Crippen LogP contribution in [0.4, 0.5) is 0 Å². The maximum atomic E-state index is 6.07. The Bertz CT molecular complexity index is 778. The Balaban J connectivity index is 2.13. The van der Waals surface area contributed by atoms with E-state index in [1.807, 2.05) is 24.4 Å². The largest absolute Gasteiger partial charge is 0.317 e. The molecular weight excluding hydrogens is 325 g/mol. The Kier molecular flexibility index (Phi) is 4.20. The van der Waals surface area contributed by atoms with Gasteiger partial charge in [0.15, 0.2) is 0 Å². The van der Waals surface area contributed by atoms with Gasteiger partial charge in [0.2, 0.25) is 0 Å². The van der Waals surface area contributed by atoms with Gasteiger partial charge in [-0.25, -0.2) is 9.97 Å². The van der Waals surface area contributed by atoms with Crippen molar-refractivity contribution in [2.24, 2.45) is 0 Å². The van der Waals surface area contributed by atoms with Crippen molar-refractivity contribution in [1.29, 1.82) is 0 Å². The topological polar surface area (TPSA) is 30.7 Å². The van der Waals surface area contributed by atoms with Crippen LogP contribution in [-0.2, 0) is 12.3 Å². The van der Waals surface area contributed by atoms with Gasteiger partial charge in [-0.05, 0) is 31.5 Å². The molecule has 3 nitrogen and oxygen atoms in total. The molecule has 0 N–H and O–H groups in total. The molecule has 0 saturated heterocycles. The van der Waals surface area contributed by atoms with Gasteiger partial charge < -0.3 is 4.57 Å². The third-order valence-corrected chi connectivity index (χ3v) is 5.29. The summed E-state index contributed by atoms with van der Waals surface area (Å²) in [6, 6.07) is 5.85. The van der Waals surface area contributed by atoms with Crippen molar-refractivity contribution in [3.05, 3.63) is 45.1 Å². The summed E-state index contributed by atoms with van der Waals surface area (Å²) in [7, 11) is 0. The maximum absolute atomic E-state index is 6.07. The lowest BCUT2D eigenvalue weighted by Gasteiger charge is -2.14. The predicted molar refractivity (Wildman–Crippen MR) is 89.6 cm³/mol. The van der Waals surface area contributed by atoms with Crippen LogP contribution in [0.15, 0.2) is 24.4 Å². The highest BCUT2D eigenvalue weighted by Gasteiger charge is 2.19. The van der Waals surface area contributed by atoms with Crippen LogP contribution in [0.2, 0.25) is 5.02 Å². The van der Waals surface area contributed by atoms with E-state index < -0.39 is 0 Å². The third kappa shape index (κ3) is 2.68. The van der Waals surface area contributed by atoms with Crippen molar-refractivity contribution in [1.82, 2.24) is 14.5 Å². The maximum Gasteiger partial charge on any atom is 0.125 e. The van der Waals surface area contributed by atoms with Crippen LogP contribution < -0.4 is 0 Å². The molecule has 1 unspecified atom stereocenters. The number of aromatic nitrogens is 3. The fraction of sp³-hybridized carbons (Fsp3) is 0.333. The van der Waals surface area contributed by atoms with Crippen LogP contribution in [0, 0.1) is 0 Å². The third-order valence-electron chi connectivity index (χ3n) is 3.51. The summed E-state index contributed by atoms with van der Waals surface area (Å²) < 4.78 is 2.15. The van der Waals surface area contributed by atoms with Crippen LogP contribution in [0.3, 0.4) is 0 Å². The fourth-order valence-corrected chi connectivity index (χ4v) is 3.69. The van der Waals surface area contributed by atoms with Gasteiger partial charge in [0.05, 0.1) is 23.0 Å². The number of thiazole rings is 1. The highest BCUT2D eigenvalue weighted by molar-refractivity contribution is 7.11. The van der Waals surface area contributed by atoms with Crippen LogP contribution in [0.1, 0.15) is 35.6 Å². The zero-order chi connectivity index (χ0) is 15.0. The van der Waals surface area contributed by atoms with Gasteiger partial charge in [0.25, 0.3) is 0 Å². The van der Waals surface area contributed by atoms with Gasteiger partial charge in [-0.2, -0.15) is 0 Å². The Morgan fingerprint density at radius 3 is 2.86 bits per heavy atom. The monoisotopic (exact) mass is 339 g/mol. The van der Waals surface area contributed by atoms with Gasteiger partial charge in [0, 0.05) is 16.1 Å². The number of hydrogen-bond donors (Lipinski definition) is 0. The molecule has 0 spiro atoms. The predicted octanol–water partition coefficient (Wildman–Crippen LogP) is 5.06. The van der Waals surface area contributed by atoms with Gasteiger partial charge in [0.1, 0.15) is 10.8 Å². The molecule has 0 amide bonds. The van der Waals surface area contributed by atoms with Crippen LogP contribution in [-0.4, -0.2) is 14.5 Å². The lowest BCUT2D eigenvalue weighted by Crippen LogP contribution is -2.09. The zero-order valence-corrected chi connectivity index (χ0v) is 14.1. The van der Waals surface area contributed by atoms with Gasteiger partial charge in [-0.1, -0.05) is 18.5 Å². The van der Waals surface area contributed by atoms with Gasteiger partial charge >= 0.3 is 0 Å². The molecule has 3 rings (SSSR count). The van der Waals surface area contributed by atoms with E-state index in [9.17, 15) is 0 Å². The number of imidazole rings is 1. The first kappa shape index (κ1) is 14.8. The smallest absolute Gasteiger partial charge is 0.125 e. The molecule has 0 aliphatic rings. The number of alkyl halides is 1. The van der Waals surface area contributed by atoms with E-state index >= 15 is 0 Å². The second kappa shape index (κ2) is 5.95. The fourth-order valence-electron chi connectivity index (χ4n) is 2.44. The van der Waals surface area contributed by atoms with Crippen molar-refractivity contribution >= 4 is 45.6 Å². The van der Waals surface area contributed by atoms with E-state index in [-0.39, 0.29) is 6.04 Å². The summed E-state index contributed by atoms with van der Waals surface area (Å²) >= 11 is 13.9. The minimum absolute atomic E-state index is 0.107. The average molecular weight is 340 g/mol. The Labute approximate surface area is 137 Å². The molecule has 0 aliphatic carbocycles. The SMILES string of the molecule is CCc1cnc(C(C)n2c(CCl)nc3cc(Cl)ccc32)s1. The number of nitrogens with zero attached hydrogens (tertiary/aromatic N) is 3. The molecule has 6 heteroatoms. The van der Waals surface area contributed by atoms with E-state index in [2.05, 4.69) is 28.4 Å². The first-order valence-corrected chi connectivity index (χ1v) is 8.53. The summed E-state index contributed by atoms with van der Waals surface area (Å²) in [6.07, 6.45) is 2.96. The highest BCUT2D eigenvalue weighted by atomic mass is 35.5. The molecule has 1 aromatic carbocycles. The van der Waals surface area contributed by atoms with Crippen LogP contribution >= 0.6 is 34.5 Å². The molecule has 0 fully saturated rings. The normalized spacial score (nSPS) is 13.0. The summed E-state index contributed by atoms with van der Waals surface area (Å²) in [5.41, 5.74) is 1.91. The second-order valence-electron chi connectivity index (χ2n) is 4.86. The Morgan fingerprint density at radius 1 is 1.38 bits per heavy atom. The summed E-state index contributed by atoms with van der Waals surface area (Å²) in [6.45, 7) is 4.27. The lowest BCUT2D eigenvalue weighted by molar-refractivity contribution is 0.630. The number of benzene rings is 1. The first-order chi connectivity index (χ1) is 10.1. The molecule has 0 saturated carbocycles. The van der Waals surface area contributed by atoms with Crippen molar-refractivity contribution in [2.45, 2.75) is 32.2 Å². The summed E-state index contributed by atoms with van der Waals surface area (Å²) in [5, 5.41) is 1.76.